The number of fused-ring (bicyclic) bond motifs is 1. The lowest BCUT2D eigenvalue weighted by atomic mass is 9.94. The molecular formula is C30H31N3O4. The van der Waals surface area contributed by atoms with Crippen LogP contribution in [0.3, 0.4) is 0 Å². The molecule has 0 saturated heterocycles. The van der Waals surface area contributed by atoms with Gasteiger partial charge < -0.3 is 19.5 Å². The number of hydrogen-bond donors (Lipinski definition) is 2. The van der Waals surface area contributed by atoms with Gasteiger partial charge in [0.1, 0.15) is 28.6 Å². The third-order valence-corrected chi connectivity index (χ3v) is 6.87. The van der Waals surface area contributed by atoms with Crippen LogP contribution in [0, 0.1) is 13.8 Å². The molecule has 2 heterocycles. The number of hydrogen-bond acceptors (Lipinski definition) is 5. The van der Waals surface area contributed by atoms with E-state index in [0.717, 1.165) is 39.3 Å². The molecule has 5 rings (SSSR count). The SMILES string of the molecule is CCOc1ccc([C@H]2c3c(-c4cc(C)cc(C)c4O)n[nH]c3C(=O)N2CCc2ccc(OC)cc2)cc1. The lowest BCUT2D eigenvalue weighted by Crippen LogP contribution is -2.31. The molecule has 0 fully saturated rings. The summed E-state index contributed by atoms with van der Waals surface area (Å²) in [5.41, 5.74) is 6.31. The molecule has 0 bridgehead atoms. The summed E-state index contributed by atoms with van der Waals surface area (Å²) in [6.07, 6.45) is 0.686. The van der Waals surface area contributed by atoms with Crippen LogP contribution in [0.4, 0.5) is 0 Å². The van der Waals surface area contributed by atoms with E-state index in [1.165, 1.54) is 0 Å². The van der Waals surface area contributed by atoms with Crippen LogP contribution < -0.4 is 9.47 Å². The number of carbonyl (C=O) groups is 1. The van der Waals surface area contributed by atoms with Gasteiger partial charge in [-0.2, -0.15) is 5.10 Å². The highest BCUT2D eigenvalue weighted by atomic mass is 16.5. The van der Waals surface area contributed by atoms with Gasteiger partial charge in [0.2, 0.25) is 0 Å². The van der Waals surface area contributed by atoms with E-state index in [-0.39, 0.29) is 17.7 Å². The Bertz CT molecular complexity index is 1420. The predicted octanol–water partition coefficient (Wildman–Crippen LogP) is 5.59. The highest BCUT2D eigenvalue weighted by Crippen LogP contribution is 2.45. The smallest absolute Gasteiger partial charge is 0.273 e. The number of aromatic nitrogens is 2. The Morgan fingerprint density at radius 3 is 2.41 bits per heavy atom. The predicted molar refractivity (Wildman–Crippen MR) is 142 cm³/mol. The number of aromatic hydroxyl groups is 1. The molecule has 37 heavy (non-hydrogen) atoms. The van der Waals surface area contributed by atoms with E-state index in [1.54, 1.807) is 7.11 Å². The number of ether oxygens (including phenoxy) is 2. The van der Waals surface area contributed by atoms with Crippen LogP contribution in [-0.4, -0.2) is 46.4 Å². The number of aryl methyl sites for hydroxylation is 2. The number of phenolic OH excluding ortho intramolecular Hbond substituents is 1. The molecule has 1 aromatic heterocycles. The fourth-order valence-corrected chi connectivity index (χ4v) is 5.07. The highest BCUT2D eigenvalue weighted by Gasteiger charge is 2.42. The number of methoxy groups -OCH3 is 1. The van der Waals surface area contributed by atoms with Crippen molar-refractivity contribution in [2.24, 2.45) is 0 Å². The number of phenols is 1. The van der Waals surface area contributed by atoms with Crippen molar-refractivity contribution < 1.29 is 19.4 Å². The van der Waals surface area contributed by atoms with Crippen molar-refractivity contribution in [2.75, 3.05) is 20.3 Å². The molecule has 0 aliphatic carbocycles. The van der Waals surface area contributed by atoms with Crippen molar-refractivity contribution in [3.05, 3.63) is 94.2 Å². The molecule has 4 aromatic rings. The monoisotopic (exact) mass is 497 g/mol. The van der Waals surface area contributed by atoms with Crippen molar-refractivity contribution in [3.63, 3.8) is 0 Å². The first-order valence-corrected chi connectivity index (χ1v) is 12.5. The summed E-state index contributed by atoms with van der Waals surface area (Å²) in [6.45, 7) is 6.90. The van der Waals surface area contributed by atoms with Gasteiger partial charge in [-0.1, -0.05) is 30.3 Å². The number of nitrogens with zero attached hydrogens (tertiary/aromatic N) is 2. The van der Waals surface area contributed by atoms with Crippen LogP contribution in [-0.2, 0) is 6.42 Å². The number of amides is 1. The lowest BCUT2D eigenvalue weighted by Gasteiger charge is -2.27. The molecule has 7 nitrogen and oxygen atoms in total. The molecule has 1 atom stereocenters. The fraction of sp³-hybridized carbons (Fsp3) is 0.267. The molecular weight excluding hydrogens is 466 g/mol. The number of aromatic amines is 1. The minimum atomic E-state index is -0.356. The van der Waals surface area contributed by atoms with E-state index in [1.807, 2.05) is 86.3 Å². The summed E-state index contributed by atoms with van der Waals surface area (Å²) < 4.78 is 10.9. The Balaban J connectivity index is 1.57. The normalized spacial score (nSPS) is 14.6. The summed E-state index contributed by atoms with van der Waals surface area (Å²) in [4.78, 5) is 15.6. The molecule has 0 radical (unpaired) electrons. The summed E-state index contributed by atoms with van der Waals surface area (Å²) >= 11 is 0. The van der Waals surface area contributed by atoms with Gasteiger partial charge in [0.25, 0.3) is 5.91 Å². The molecule has 2 N–H and O–H groups in total. The second-order valence-corrected chi connectivity index (χ2v) is 9.34. The van der Waals surface area contributed by atoms with Crippen LogP contribution in [0.25, 0.3) is 11.3 Å². The van der Waals surface area contributed by atoms with Gasteiger partial charge in [0.05, 0.1) is 19.8 Å². The van der Waals surface area contributed by atoms with Crippen molar-refractivity contribution >= 4 is 5.91 Å². The van der Waals surface area contributed by atoms with Gasteiger partial charge in [0, 0.05) is 17.7 Å². The average Bonchev–Trinajstić information content (AvgIpc) is 3.44. The first-order chi connectivity index (χ1) is 17.9. The lowest BCUT2D eigenvalue weighted by molar-refractivity contribution is 0.0746. The van der Waals surface area contributed by atoms with Crippen LogP contribution in [0.15, 0.2) is 60.7 Å². The molecule has 1 aliphatic rings. The van der Waals surface area contributed by atoms with Crippen LogP contribution in [0.1, 0.15) is 51.3 Å². The number of rotatable bonds is 8. The topological polar surface area (TPSA) is 87.7 Å². The molecule has 190 valence electrons. The quantitative estimate of drug-likeness (QED) is 0.331. The zero-order chi connectivity index (χ0) is 26.1. The van der Waals surface area contributed by atoms with E-state index >= 15 is 0 Å². The largest absolute Gasteiger partial charge is 0.507 e. The summed E-state index contributed by atoms with van der Waals surface area (Å²) in [5, 5.41) is 18.4. The Morgan fingerprint density at radius 1 is 1.03 bits per heavy atom. The molecule has 0 spiro atoms. The second kappa shape index (κ2) is 10.0. The van der Waals surface area contributed by atoms with E-state index in [4.69, 9.17) is 9.47 Å². The summed E-state index contributed by atoms with van der Waals surface area (Å²) in [5.74, 6) is 1.65. The third-order valence-electron chi connectivity index (χ3n) is 6.87. The number of carbonyl (C=O) groups excluding carboxylic acids is 1. The highest BCUT2D eigenvalue weighted by molar-refractivity contribution is 6.00. The van der Waals surface area contributed by atoms with Crippen LogP contribution >= 0.6 is 0 Å². The van der Waals surface area contributed by atoms with E-state index < -0.39 is 0 Å². The Labute approximate surface area is 216 Å². The molecule has 0 saturated carbocycles. The standard InChI is InChI=1S/C30H31N3O4/c1-5-37-23-12-8-21(9-13-23)28-25-26(24-17-18(2)16-19(3)29(24)34)31-32-27(25)30(35)33(28)15-14-20-6-10-22(36-4)11-7-20/h6-13,16-17,28,34H,5,14-15H2,1-4H3,(H,31,32)/t28-/m0/s1. The maximum atomic E-state index is 13.7. The van der Waals surface area contributed by atoms with E-state index in [9.17, 15) is 9.90 Å². The maximum Gasteiger partial charge on any atom is 0.273 e. The van der Waals surface area contributed by atoms with Gasteiger partial charge in [-0.25, -0.2) is 0 Å². The van der Waals surface area contributed by atoms with Crippen molar-refractivity contribution in [3.8, 4) is 28.5 Å². The third kappa shape index (κ3) is 4.53. The molecule has 1 amide bonds. The van der Waals surface area contributed by atoms with Gasteiger partial charge >= 0.3 is 0 Å². The Morgan fingerprint density at radius 2 is 1.73 bits per heavy atom. The van der Waals surface area contributed by atoms with Gasteiger partial charge in [-0.3, -0.25) is 9.89 Å². The maximum absolute atomic E-state index is 13.7. The molecule has 7 heteroatoms. The summed E-state index contributed by atoms with van der Waals surface area (Å²) in [6, 6.07) is 19.2. The Hall–Kier alpha value is -4.26. The average molecular weight is 498 g/mol. The van der Waals surface area contributed by atoms with Crippen LogP contribution in [0.2, 0.25) is 0 Å². The molecule has 1 aliphatic heterocycles. The molecule has 3 aromatic carbocycles. The zero-order valence-electron chi connectivity index (χ0n) is 21.5. The van der Waals surface area contributed by atoms with Crippen molar-refractivity contribution in [1.29, 1.82) is 0 Å². The minimum Gasteiger partial charge on any atom is -0.507 e. The van der Waals surface area contributed by atoms with Crippen LogP contribution in [0.5, 0.6) is 17.2 Å². The number of nitrogens with one attached hydrogen (secondary N) is 1. The molecule has 0 unspecified atom stereocenters. The van der Waals surface area contributed by atoms with E-state index in [2.05, 4.69) is 10.2 Å². The zero-order valence-corrected chi connectivity index (χ0v) is 21.5. The summed E-state index contributed by atoms with van der Waals surface area (Å²) in [7, 11) is 1.65. The first-order valence-electron chi connectivity index (χ1n) is 12.5. The van der Waals surface area contributed by atoms with Gasteiger partial charge in [-0.15, -0.1) is 0 Å². The van der Waals surface area contributed by atoms with Crippen molar-refractivity contribution in [1.82, 2.24) is 15.1 Å². The second-order valence-electron chi connectivity index (χ2n) is 9.34. The van der Waals surface area contributed by atoms with Crippen molar-refractivity contribution in [2.45, 2.75) is 33.2 Å². The van der Waals surface area contributed by atoms with Gasteiger partial charge in [0.15, 0.2) is 0 Å². The first kappa shape index (κ1) is 24.4. The van der Waals surface area contributed by atoms with E-state index in [0.29, 0.717) is 36.5 Å². The van der Waals surface area contributed by atoms with Gasteiger partial charge in [-0.05, 0) is 79.8 Å². The minimum absolute atomic E-state index is 0.106. The fourth-order valence-electron chi connectivity index (χ4n) is 5.07. The number of benzene rings is 3. The Kier molecular flexibility index (Phi) is 6.61. The number of H-pyrrole nitrogens is 1.